The molecule has 3 aromatic carbocycles. The summed E-state index contributed by atoms with van der Waals surface area (Å²) in [5, 5.41) is 11.7. The van der Waals surface area contributed by atoms with E-state index in [0.29, 0.717) is 17.9 Å². The van der Waals surface area contributed by atoms with Gasteiger partial charge in [0.15, 0.2) is 6.61 Å². The Hall–Kier alpha value is -3.78. The first-order valence-electron chi connectivity index (χ1n) is 9.31. The van der Waals surface area contributed by atoms with Crippen molar-refractivity contribution in [3.05, 3.63) is 83.9 Å². The van der Waals surface area contributed by atoms with Crippen LogP contribution >= 0.6 is 0 Å². The molecule has 0 saturated carbocycles. The second kappa shape index (κ2) is 9.43. The van der Waals surface area contributed by atoms with Crippen molar-refractivity contribution in [2.75, 3.05) is 25.6 Å². The van der Waals surface area contributed by atoms with Crippen molar-refractivity contribution in [3.63, 3.8) is 0 Å². The second-order valence-corrected chi connectivity index (χ2v) is 6.84. The lowest BCUT2D eigenvalue weighted by molar-refractivity contribution is -0.123. The third-order valence-electron chi connectivity index (χ3n) is 4.51. The van der Waals surface area contributed by atoms with Crippen molar-refractivity contribution in [2.24, 2.45) is 0 Å². The van der Waals surface area contributed by atoms with E-state index < -0.39 is 0 Å². The van der Waals surface area contributed by atoms with Crippen molar-refractivity contribution >= 4 is 11.6 Å². The number of anilines is 1. The third kappa shape index (κ3) is 5.60. The molecular formula is C24H23N3O2. The van der Waals surface area contributed by atoms with E-state index in [9.17, 15) is 4.79 Å². The van der Waals surface area contributed by atoms with Gasteiger partial charge in [0.1, 0.15) is 5.75 Å². The molecule has 0 bridgehead atoms. The largest absolute Gasteiger partial charge is 0.484 e. The summed E-state index contributed by atoms with van der Waals surface area (Å²) in [5.74, 6) is 0.464. The molecule has 1 amide bonds. The highest BCUT2D eigenvalue weighted by molar-refractivity contribution is 5.77. The number of ether oxygens (including phenoxy) is 1. The summed E-state index contributed by atoms with van der Waals surface area (Å²) in [6.07, 6.45) is 0. The Morgan fingerprint density at radius 1 is 0.931 bits per heavy atom. The van der Waals surface area contributed by atoms with Crippen molar-refractivity contribution in [1.82, 2.24) is 5.32 Å². The molecule has 0 aliphatic carbocycles. The van der Waals surface area contributed by atoms with Crippen LogP contribution in [0.5, 0.6) is 5.75 Å². The number of amides is 1. The van der Waals surface area contributed by atoms with E-state index in [1.165, 1.54) is 0 Å². The van der Waals surface area contributed by atoms with Gasteiger partial charge in [-0.2, -0.15) is 5.26 Å². The number of carbonyl (C=O) groups is 1. The van der Waals surface area contributed by atoms with Crippen LogP contribution in [-0.2, 0) is 11.3 Å². The van der Waals surface area contributed by atoms with Crippen molar-refractivity contribution < 1.29 is 9.53 Å². The Morgan fingerprint density at radius 2 is 1.52 bits per heavy atom. The zero-order valence-corrected chi connectivity index (χ0v) is 16.6. The molecule has 29 heavy (non-hydrogen) atoms. The normalized spacial score (nSPS) is 10.1. The second-order valence-electron chi connectivity index (χ2n) is 6.84. The molecule has 0 fully saturated rings. The SMILES string of the molecule is CN(C)c1ccc(CNC(=O)COc2ccc(-c3ccc(C#N)cc3)cc2)cc1. The summed E-state index contributed by atoms with van der Waals surface area (Å²) < 4.78 is 5.57. The fraction of sp³-hybridized carbons (Fsp3) is 0.167. The van der Waals surface area contributed by atoms with E-state index in [0.717, 1.165) is 22.4 Å². The van der Waals surface area contributed by atoms with Crippen LogP contribution < -0.4 is 15.0 Å². The van der Waals surface area contributed by atoms with E-state index in [-0.39, 0.29) is 12.5 Å². The minimum atomic E-state index is -0.169. The highest BCUT2D eigenvalue weighted by atomic mass is 16.5. The molecule has 0 saturated heterocycles. The van der Waals surface area contributed by atoms with Crippen LogP contribution in [-0.4, -0.2) is 26.6 Å². The summed E-state index contributed by atoms with van der Waals surface area (Å²) in [5.41, 5.74) is 4.83. The maximum Gasteiger partial charge on any atom is 0.258 e. The highest BCUT2D eigenvalue weighted by Crippen LogP contribution is 2.22. The number of nitriles is 1. The molecule has 3 aromatic rings. The molecule has 0 atom stereocenters. The Kier molecular flexibility index (Phi) is 6.49. The number of carbonyl (C=O) groups excluding carboxylic acids is 1. The maximum absolute atomic E-state index is 12.0. The average molecular weight is 385 g/mol. The monoisotopic (exact) mass is 385 g/mol. The average Bonchev–Trinajstić information content (AvgIpc) is 2.77. The molecule has 0 spiro atoms. The number of nitrogens with one attached hydrogen (secondary N) is 1. The Labute approximate surface area is 171 Å². The predicted molar refractivity (Wildman–Crippen MR) is 115 cm³/mol. The number of nitrogens with zero attached hydrogens (tertiary/aromatic N) is 2. The molecule has 3 rings (SSSR count). The Morgan fingerprint density at radius 3 is 2.07 bits per heavy atom. The molecule has 0 aliphatic heterocycles. The molecule has 5 heteroatoms. The van der Waals surface area contributed by atoms with Gasteiger partial charge in [-0.15, -0.1) is 0 Å². The van der Waals surface area contributed by atoms with Gasteiger partial charge >= 0.3 is 0 Å². The molecule has 146 valence electrons. The lowest BCUT2D eigenvalue weighted by Gasteiger charge is -2.13. The van der Waals surface area contributed by atoms with Gasteiger partial charge in [0, 0.05) is 26.3 Å². The predicted octanol–water partition coefficient (Wildman–Crippen LogP) is 3.99. The van der Waals surface area contributed by atoms with Gasteiger partial charge in [0.2, 0.25) is 0 Å². The van der Waals surface area contributed by atoms with Crippen molar-refractivity contribution in [3.8, 4) is 22.9 Å². The Bertz CT molecular complexity index is 986. The van der Waals surface area contributed by atoms with Gasteiger partial charge in [-0.25, -0.2) is 0 Å². The smallest absolute Gasteiger partial charge is 0.258 e. The fourth-order valence-electron chi connectivity index (χ4n) is 2.79. The zero-order valence-electron chi connectivity index (χ0n) is 16.6. The first kappa shape index (κ1) is 20.0. The number of rotatable bonds is 7. The Balaban J connectivity index is 1.47. The van der Waals surface area contributed by atoms with Gasteiger partial charge in [-0.05, 0) is 53.1 Å². The van der Waals surface area contributed by atoms with Crippen LogP contribution in [0.3, 0.4) is 0 Å². The molecule has 0 aliphatic rings. The van der Waals surface area contributed by atoms with Crippen molar-refractivity contribution in [1.29, 1.82) is 5.26 Å². The van der Waals surface area contributed by atoms with Crippen LogP contribution in [0.25, 0.3) is 11.1 Å². The lowest BCUT2D eigenvalue weighted by Crippen LogP contribution is -2.28. The number of benzene rings is 3. The minimum Gasteiger partial charge on any atom is -0.484 e. The van der Waals surface area contributed by atoms with Crippen LogP contribution in [0.2, 0.25) is 0 Å². The van der Waals surface area contributed by atoms with Gasteiger partial charge in [0.05, 0.1) is 11.6 Å². The molecule has 0 radical (unpaired) electrons. The van der Waals surface area contributed by atoms with Crippen LogP contribution in [0.15, 0.2) is 72.8 Å². The van der Waals surface area contributed by atoms with Crippen LogP contribution in [0.4, 0.5) is 5.69 Å². The standard InChI is InChI=1S/C24H23N3O2/c1-27(2)22-11-5-19(6-12-22)16-26-24(28)17-29-23-13-9-21(10-14-23)20-7-3-18(15-25)4-8-20/h3-14H,16-17H2,1-2H3,(H,26,28). The van der Waals surface area contributed by atoms with Crippen LogP contribution in [0.1, 0.15) is 11.1 Å². The van der Waals surface area contributed by atoms with Gasteiger partial charge in [-0.3, -0.25) is 4.79 Å². The number of hydrogen-bond acceptors (Lipinski definition) is 4. The first-order valence-corrected chi connectivity index (χ1v) is 9.31. The third-order valence-corrected chi connectivity index (χ3v) is 4.51. The summed E-state index contributed by atoms with van der Waals surface area (Å²) in [6.45, 7) is 0.430. The fourth-order valence-corrected chi connectivity index (χ4v) is 2.79. The molecule has 5 nitrogen and oxygen atoms in total. The molecular weight excluding hydrogens is 362 g/mol. The van der Waals surface area contributed by atoms with E-state index >= 15 is 0 Å². The van der Waals surface area contributed by atoms with Crippen molar-refractivity contribution in [2.45, 2.75) is 6.54 Å². The van der Waals surface area contributed by atoms with E-state index in [1.54, 1.807) is 12.1 Å². The van der Waals surface area contributed by atoms with E-state index in [1.807, 2.05) is 79.7 Å². The van der Waals surface area contributed by atoms with Crippen LogP contribution in [0, 0.1) is 11.3 Å². The van der Waals surface area contributed by atoms with E-state index in [4.69, 9.17) is 10.00 Å². The molecule has 1 N–H and O–H groups in total. The maximum atomic E-state index is 12.0. The topological polar surface area (TPSA) is 65.4 Å². The lowest BCUT2D eigenvalue weighted by atomic mass is 10.0. The summed E-state index contributed by atoms with van der Waals surface area (Å²) in [4.78, 5) is 14.1. The van der Waals surface area contributed by atoms with Gasteiger partial charge in [0.25, 0.3) is 5.91 Å². The molecule has 0 unspecified atom stereocenters. The molecule has 0 heterocycles. The van der Waals surface area contributed by atoms with Gasteiger partial charge < -0.3 is 15.0 Å². The first-order chi connectivity index (χ1) is 14.0. The number of hydrogen-bond donors (Lipinski definition) is 1. The quantitative estimate of drug-likeness (QED) is 0.668. The highest BCUT2D eigenvalue weighted by Gasteiger charge is 2.05. The molecule has 0 aromatic heterocycles. The van der Waals surface area contributed by atoms with Gasteiger partial charge in [-0.1, -0.05) is 36.4 Å². The zero-order chi connectivity index (χ0) is 20.6. The van der Waals surface area contributed by atoms with E-state index in [2.05, 4.69) is 11.4 Å². The minimum absolute atomic E-state index is 0.0357. The summed E-state index contributed by atoms with van der Waals surface area (Å²) in [6, 6.07) is 25.1. The summed E-state index contributed by atoms with van der Waals surface area (Å²) >= 11 is 0. The summed E-state index contributed by atoms with van der Waals surface area (Å²) in [7, 11) is 3.98.